The average Bonchev–Trinajstić information content (AvgIpc) is 2.88. The molecule has 1 heterocycles. The van der Waals surface area contributed by atoms with Crippen LogP contribution in [0.3, 0.4) is 0 Å². The van der Waals surface area contributed by atoms with Gasteiger partial charge in [-0.25, -0.2) is 0 Å². The zero-order valence-electron chi connectivity index (χ0n) is 11.0. The Kier molecular flexibility index (Phi) is 3.93. The molecule has 0 aliphatic rings. The van der Waals surface area contributed by atoms with Crippen molar-refractivity contribution >= 4 is 17.5 Å². The molecule has 0 spiro atoms. The molecule has 0 bridgehead atoms. The minimum atomic E-state index is 0.116. The van der Waals surface area contributed by atoms with Crippen LogP contribution in [0.4, 0.5) is 5.95 Å². The van der Waals surface area contributed by atoms with Crippen molar-refractivity contribution in [2.75, 3.05) is 26.1 Å². The van der Waals surface area contributed by atoms with Crippen molar-refractivity contribution in [3.63, 3.8) is 0 Å². The van der Waals surface area contributed by atoms with Gasteiger partial charge in [0.15, 0.2) is 0 Å². The number of aromatic nitrogens is 2. The molecule has 0 fully saturated rings. The predicted molar refractivity (Wildman–Crippen MR) is 75.1 cm³/mol. The molecule has 0 amide bonds. The van der Waals surface area contributed by atoms with Gasteiger partial charge in [0, 0.05) is 26.8 Å². The van der Waals surface area contributed by atoms with E-state index in [4.69, 9.17) is 4.74 Å². The molecule has 1 aromatic heterocycles. The van der Waals surface area contributed by atoms with Crippen LogP contribution in [0, 0.1) is 0 Å². The van der Waals surface area contributed by atoms with Crippen molar-refractivity contribution in [1.29, 1.82) is 0 Å². The maximum absolute atomic E-state index is 5.29. The van der Waals surface area contributed by atoms with Crippen molar-refractivity contribution in [3.05, 3.63) is 29.8 Å². The van der Waals surface area contributed by atoms with Gasteiger partial charge in [-0.05, 0) is 24.0 Å². The van der Waals surface area contributed by atoms with Gasteiger partial charge in [-0.1, -0.05) is 24.3 Å². The van der Waals surface area contributed by atoms with Crippen molar-refractivity contribution in [2.24, 2.45) is 0 Å². The first-order valence-corrected chi connectivity index (χ1v) is 6.53. The molecule has 18 heavy (non-hydrogen) atoms. The molecular formula is C13H17N3OS. The molecule has 5 heteroatoms. The zero-order valence-corrected chi connectivity index (χ0v) is 11.9. The van der Waals surface area contributed by atoms with E-state index in [1.54, 1.807) is 7.11 Å². The van der Waals surface area contributed by atoms with Gasteiger partial charge < -0.3 is 9.64 Å². The monoisotopic (exact) mass is 263 g/mol. The van der Waals surface area contributed by atoms with Crippen molar-refractivity contribution in [3.8, 4) is 10.6 Å². The molecule has 1 aromatic carbocycles. The molecule has 0 radical (unpaired) electrons. The van der Waals surface area contributed by atoms with Crippen LogP contribution in [-0.2, 0) is 4.74 Å². The molecule has 1 unspecified atom stereocenters. The summed E-state index contributed by atoms with van der Waals surface area (Å²) < 4.78 is 9.58. The van der Waals surface area contributed by atoms with Crippen LogP contribution in [0.5, 0.6) is 0 Å². The van der Waals surface area contributed by atoms with E-state index < -0.39 is 0 Å². The van der Waals surface area contributed by atoms with Gasteiger partial charge in [0.05, 0.1) is 6.10 Å². The number of hydrogen-bond donors (Lipinski definition) is 0. The third-order valence-electron chi connectivity index (χ3n) is 2.80. The zero-order chi connectivity index (χ0) is 13.1. The maximum Gasteiger partial charge on any atom is 0.237 e. The number of ether oxygens (including phenoxy) is 1. The Bertz CT molecular complexity index is 507. The minimum absolute atomic E-state index is 0.116. The number of benzene rings is 1. The summed E-state index contributed by atoms with van der Waals surface area (Å²) in [5.41, 5.74) is 2.26. The number of methoxy groups -OCH3 is 1. The number of anilines is 1. The Morgan fingerprint density at radius 1 is 1.22 bits per heavy atom. The Morgan fingerprint density at radius 3 is 2.39 bits per heavy atom. The van der Waals surface area contributed by atoms with Gasteiger partial charge in [0.2, 0.25) is 5.95 Å². The van der Waals surface area contributed by atoms with Crippen LogP contribution in [0.2, 0.25) is 0 Å². The van der Waals surface area contributed by atoms with E-state index in [9.17, 15) is 0 Å². The van der Waals surface area contributed by atoms with Crippen LogP contribution < -0.4 is 4.90 Å². The minimum Gasteiger partial charge on any atom is -0.377 e. The highest BCUT2D eigenvalue weighted by molar-refractivity contribution is 7.09. The molecule has 0 saturated carbocycles. The summed E-state index contributed by atoms with van der Waals surface area (Å²) in [5.74, 6) is 0.754. The van der Waals surface area contributed by atoms with Gasteiger partial charge >= 0.3 is 0 Å². The molecule has 96 valence electrons. The molecule has 0 aliphatic carbocycles. The standard InChI is InChI=1S/C13H17N3OS/c1-9(17-4)10-5-7-11(8-6-10)12-14-13(15-18-12)16(2)3/h5-9H,1-4H3. The summed E-state index contributed by atoms with van der Waals surface area (Å²) in [4.78, 5) is 6.38. The van der Waals surface area contributed by atoms with Gasteiger partial charge in [-0.3, -0.25) is 0 Å². The van der Waals surface area contributed by atoms with Crippen LogP contribution in [0.1, 0.15) is 18.6 Å². The highest BCUT2D eigenvalue weighted by Gasteiger charge is 2.09. The Morgan fingerprint density at radius 2 is 1.89 bits per heavy atom. The van der Waals surface area contributed by atoms with Crippen LogP contribution >= 0.6 is 11.5 Å². The Labute approximate surface area is 111 Å². The fourth-order valence-corrected chi connectivity index (χ4v) is 2.28. The average molecular weight is 263 g/mol. The third-order valence-corrected chi connectivity index (χ3v) is 3.55. The van der Waals surface area contributed by atoms with E-state index in [-0.39, 0.29) is 6.10 Å². The first kappa shape index (κ1) is 13.0. The highest BCUT2D eigenvalue weighted by atomic mass is 32.1. The van der Waals surface area contributed by atoms with Gasteiger partial charge in [-0.2, -0.15) is 9.36 Å². The summed E-state index contributed by atoms with van der Waals surface area (Å²) in [6.45, 7) is 2.03. The van der Waals surface area contributed by atoms with Crippen LogP contribution in [0.25, 0.3) is 10.6 Å². The molecule has 0 saturated heterocycles. The van der Waals surface area contributed by atoms with Gasteiger partial charge in [0.1, 0.15) is 5.01 Å². The van der Waals surface area contributed by atoms with E-state index >= 15 is 0 Å². The Balaban J connectivity index is 2.23. The van der Waals surface area contributed by atoms with Crippen molar-refractivity contribution in [1.82, 2.24) is 9.36 Å². The largest absolute Gasteiger partial charge is 0.377 e. The van der Waals surface area contributed by atoms with E-state index in [0.29, 0.717) is 0 Å². The third kappa shape index (κ3) is 2.68. The smallest absolute Gasteiger partial charge is 0.237 e. The molecule has 0 aliphatic heterocycles. The van der Waals surface area contributed by atoms with E-state index in [0.717, 1.165) is 16.5 Å². The second-order valence-electron chi connectivity index (χ2n) is 4.29. The first-order chi connectivity index (χ1) is 8.61. The SMILES string of the molecule is COC(C)c1ccc(-c2nc(N(C)C)ns2)cc1. The summed E-state index contributed by atoms with van der Waals surface area (Å²) in [7, 11) is 5.59. The normalized spacial score (nSPS) is 12.4. The van der Waals surface area contributed by atoms with Crippen molar-refractivity contribution in [2.45, 2.75) is 13.0 Å². The van der Waals surface area contributed by atoms with Crippen LogP contribution in [0.15, 0.2) is 24.3 Å². The highest BCUT2D eigenvalue weighted by Crippen LogP contribution is 2.26. The number of rotatable bonds is 4. The van der Waals surface area contributed by atoms with E-state index in [1.807, 2.05) is 25.9 Å². The predicted octanol–water partition coefficient (Wildman–Crippen LogP) is 2.98. The van der Waals surface area contributed by atoms with Crippen molar-refractivity contribution < 1.29 is 4.74 Å². The van der Waals surface area contributed by atoms with Gasteiger partial charge in [0.25, 0.3) is 0 Å². The quantitative estimate of drug-likeness (QED) is 0.850. The van der Waals surface area contributed by atoms with Gasteiger partial charge in [-0.15, -0.1) is 0 Å². The molecule has 4 nitrogen and oxygen atoms in total. The van der Waals surface area contributed by atoms with E-state index in [2.05, 4.69) is 33.6 Å². The lowest BCUT2D eigenvalue weighted by molar-refractivity contribution is 0.119. The summed E-state index contributed by atoms with van der Waals surface area (Å²) in [5, 5.41) is 0.940. The molecule has 0 N–H and O–H groups in total. The number of nitrogens with zero attached hydrogens (tertiary/aromatic N) is 3. The van der Waals surface area contributed by atoms with Crippen LogP contribution in [-0.4, -0.2) is 30.6 Å². The summed E-state index contributed by atoms with van der Waals surface area (Å²) in [6.07, 6.45) is 0.116. The molecule has 1 atom stereocenters. The molecule has 2 rings (SSSR count). The summed E-state index contributed by atoms with van der Waals surface area (Å²) in [6, 6.07) is 8.26. The lowest BCUT2D eigenvalue weighted by Gasteiger charge is -2.09. The fourth-order valence-electron chi connectivity index (χ4n) is 1.55. The Hall–Kier alpha value is -1.46. The molecular weight excluding hydrogens is 246 g/mol. The number of hydrogen-bond acceptors (Lipinski definition) is 5. The molecule has 2 aromatic rings. The maximum atomic E-state index is 5.29. The second kappa shape index (κ2) is 5.46. The lowest BCUT2D eigenvalue weighted by atomic mass is 10.1. The fraction of sp³-hybridized carbons (Fsp3) is 0.385. The summed E-state index contributed by atoms with van der Waals surface area (Å²) >= 11 is 1.42. The van der Waals surface area contributed by atoms with E-state index in [1.165, 1.54) is 17.1 Å². The first-order valence-electron chi connectivity index (χ1n) is 5.76. The second-order valence-corrected chi connectivity index (χ2v) is 5.05. The lowest BCUT2D eigenvalue weighted by Crippen LogP contribution is -2.09. The topological polar surface area (TPSA) is 38.2 Å².